The van der Waals surface area contributed by atoms with E-state index in [1.54, 1.807) is 24.3 Å². The summed E-state index contributed by atoms with van der Waals surface area (Å²) in [5, 5.41) is 15.6. The van der Waals surface area contributed by atoms with Gasteiger partial charge in [-0.05, 0) is 68.1 Å². The van der Waals surface area contributed by atoms with E-state index in [0.29, 0.717) is 16.3 Å². The molecule has 2 aromatic carbocycles. The third-order valence-corrected chi connectivity index (χ3v) is 6.50. The van der Waals surface area contributed by atoms with Crippen LogP contribution in [0.1, 0.15) is 43.5 Å². The van der Waals surface area contributed by atoms with E-state index in [0.717, 1.165) is 49.0 Å². The number of rotatable bonds is 3. The molecule has 6 rings (SSSR count). The van der Waals surface area contributed by atoms with Crippen molar-refractivity contribution in [2.24, 2.45) is 0 Å². The molecule has 0 atom stereocenters. The Labute approximate surface area is 173 Å². The molecule has 0 spiro atoms. The number of carbonyl (C=O) groups excluding carboxylic acids is 1. The van der Waals surface area contributed by atoms with Gasteiger partial charge in [-0.3, -0.25) is 0 Å². The quantitative estimate of drug-likeness (QED) is 0.580. The van der Waals surface area contributed by atoms with Crippen LogP contribution in [-0.2, 0) is 5.41 Å². The number of nitriles is 1. The second-order valence-corrected chi connectivity index (χ2v) is 8.72. The van der Waals surface area contributed by atoms with Crippen molar-refractivity contribution in [1.82, 2.24) is 15.3 Å². The standard InChI is InChI=1S/C22H20ClN5O/c23-15-4-7-17-18(10-15)27-19(26-17)21-8-1-9-22(12-21,13-21)28-20(29)25-16-5-2-14(11-24)3-6-16/h2-7,10H,1,8-9,12-13H2,(H,26,27)(H2,25,28,29). The summed E-state index contributed by atoms with van der Waals surface area (Å²) < 4.78 is 0. The van der Waals surface area contributed by atoms with Crippen molar-refractivity contribution in [3.8, 4) is 6.07 Å². The average molecular weight is 406 g/mol. The molecule has 29 heavy (non-hydrogen) atoms. The number of amides is 2. The molecule has 2 amide bonds. The van der Waals surface area contributed by atoms with E-state index in [-0.39, 0.29) is 17.0 Å². The Balaban J connectivity index is 1.30. The second kappa shape index (κ2) is 6.50. The maximum Gasteiger partial charge on any atom is 0.319 e. The number of hydrogen-bond donors (Lipinski definition) is 3. The van der Waals surface area contributed by atoms with Crippen LogP contribution in [0.3, 0.4) is 0 Å². The molecule has 3 fully saturated rings. The van der Waals surface area contributed by atoms with Crippen molar-refractivity contribution in [2.45, 2.75) is 43.1 Å². The van der Waals surface area contributed by atoms with Crippen LogP contribution in [0.25, 0.3) is 11.0 Å². The minimum atomic E-state index is -0.207. The highest BCUT2D eigenvalue weighted by Gasteiger charge is 2.60. The second-order valence-electron chi connectivity index (χ2n) is 8.28. The van der Waals surface area contributed by atoms with Gasteiger partial charge in [-0.2, -0.15) is 5.26 Å². The van der Waals surface area contributed by atoms with Gasteiger partial charge in [0.1, 0.15) is 5.82 Å². The van der Waals surface area contributed by atoms with Gasteiger partial charge in [-0.25, -0.2) is 9.78 Å². The molecule has 0 radical (unpaired) electrons. The maximum absolute atomic E-state index is 12.6. The first-order valence-corrected chi connectivity index (χ1v) is 10.1. The molecule has 0 aliphatic heterocycles. The predicted octanol–water partition coefficient (Wildman–Crippen LogP) is 4.86. The summed E-state index contributed by atoms with van der Waals surface area (Å²) in [6.07, 6.45) is 4.86. The molecule has 7 heteroatoms. The lowest BCUT2D eigenvalue weighted by Gasteiger charge is -2.59. The Morgan fingerprint density at radius 2 is 1.97 bits per heavy atom. The van der Waals surface area contributed by atoms with E-state index in [1.807, 2.05) is 18.2 Å². The first kappa shape index (κ1) is 18.0. The number of H-pyrrole nitrogens is 1. The molecule has 3 saturated carbocycles. The van der Waals surface area contributed by atoms with E-state index in [9.17, 15) is 4.79 Å². The Hall–Kier alpha value is -3.04. The van der Waals surface area contributed by atoms with Crippen molar-refractivity contribution >= 4 is 34.4 Å². The number of hydrogen-bond acceptors (Lipinski definition) is 3. The fourth-order valence-electron chi connectivity index (χ4n) is 5.06. The highest BCUT2D eigenvalue weighted by atomic mass is 35.5. The van der Waals surface area contributed by atoms with Crippen LogP contribution in [0, 0.1) is 11.3 Å². The van der Waals surface area contributed by atoms with Crippen LogP contribution in [0.2, 0.25) is 5.02 Å². The molecule has 0 unspecified atom stereocenters. The van der Waals surface area contributed by atoms with Gasteiger partial charge in [-0.15, -0.1) is 0 Å². The fourth-order valence-corrected chi connectivity index (χ4v) is 5.23. The molecular formula is C22H20ClN5O. The van der Waals surface area contributed by atoms with Gasteiger partial charge in [0, 0.05) is 21.7 Å². The number of halogens is 1. The number of benzene rings is 2. The van der Waals surface area contributed by atoms with Gasteiger partial charge in [0.15, 0.2) is 0 Å². The lowest BCUT2D eigenvalue weighted by molar-refractivity contribution is 0.0132. The van der Waals surface area contributed by atoms with Crippen molar-refractivity contribution in [1.29, 1.82) is 5.26 Å². The fraction of sp³-hybridized carbons (Fsp3) is 0.318. The van der Waals surface area contributed by atoms with Crippen LogP contribution >= 0.6 is 11.6 Å². The Kier molecular flexibility index (Phi) is 4.04. The largest absolute Gasteiger partial charge is 0.342 e. The molecule has 3 aliphatic carbocycles. The number of fused-ring (bicyclic) bond motifs is 3. The van der Waals surface area contributed by atoms with Crippen molar-refractivity contribution < 1.29 is 4.79 Å². The van der Waals surface area contributed by atoms with Gasteiger partial charge in [0.2, 0.25) is 0 Å². The smallest absolute Gasteiger partial charge is 0.319 e. The number of nitrogens with zero attached hydrogens (tertiary/aromatic N) is 2. The number of carbonyl (C=O) groups is 1. The SMILES string of the molecule is N#Cc1ccc(NC(=O)NC23CCCC(c4nc5cc(Cl)ccc5[nH]4)(C2)C3)cc1. The summed E-state index contributed by atoms with van der Waals surface area (Å²) in [5.74, 6) is 0.999. The van der Waals surface area contributed by atoms with E-state index >= 15 is 0 Å². The summed E-state index contributed by atoms with van der Waals surface area (Å²) in [7, 11) is 0. The number of anilines is 1. The van der Waals surface area contributed by atoms with Crippen LogP contribution in [0.5, 0.6) is 0 Å². The van der Waals surface area contributed by atoms with E-state index in [2.05, 4.69) is 21.7 Å². The van der Waals surface area contributed by atoms with Gasteiger partial charge in [0.05, 0.1) is 22.7 Å². The zero-order valence-electron chi connectivity index (χ0n) is 15.8. The lowest BCUT2D eigenvalue weighted by atomic mass is 9.49. The Morgan fingerprint density at radius 1 is 1.17 bits per heavy atom. The highest BCUT2D eigenvalue weighted by molar-refractivity contribution is 6.31. The molecular weight excluding hydrogens is 386 g/mol. The van der Waals surface area contributed by atoms with E-state index in [1.165, 1.54) is 0 Å². The predicted molar refractivity (Wildman–Crippen MR) is 112 cm³/mol. The molecule has 146 valence electrons. The number of imidazole rings is 1. The molecule has 1 heterocycles. The number of nitrogens with one attached hydrogen (secondary N) is 3. The lowest BCUT2D eigenvalue weighted by Crippen LogP contribution is -2.67. The summed E-state index contributed by atoms with van der Waals surface area (Å²) in [4.78, 5) is 20.8. The topological polar surface area (TPSA) is 93.6 Å². The zero-order chi connectivity index (χ0) is 20.1. The van der Waals surface area contributed by atoms with Crippen LogP contribution in [0.4, 0.5) is 10.5 Å². The van der Waals surface area contributed by atoms with Crippen LogP contribution in [-0.4, -0.2) is 21.5 Å². The number of aromatic amines is 1. The minimum absolute atomic E-state index is 0.00846. The summed E-state index contributed by atoms with van der Waals surface area (Å²) in [5.41, 5.74) is 2.92. The monoisotopic (exact) mass is 405 g/mol. The van der Waals surface area contributed by atoms with Crippen molar-refractivity contribution in [3.05, 3.63) is 58.9 Å². The van der Waals surface area contributed by atoms with Crippen molar-refractivity contribution in [2.75, 3.05) is 5.32 Å². The van der Waals surface area contributed by atoms with Crippen molar-refractivity contribution in [3.63, 3.8) is 0 Å². The molecule has 3 aliphatic rings. The number of aromatic nitrogens is 2. The molecule has 3 N–H and O–H groups in total. The van der Waals surface area contributed by atoms with Crippen LogP contribution < -0.4 is 10.6 Å². The third-order valence-electron chi connectivity index (χ3n) is 6.26. The van der Waals surface area contributed by atoms with Gasteiger partial charge >= 0.3 is 6.03 Å². The molecule has 1 aromatic heterocycles. The molecule has 0 saturated heterocycles. The maximum atomic E-state index is 12.6. The summed E-state index contributed by atoms with van der Waals surface area (Å²) in [6, 6.07) is 14.4. The molecule has 3 aromatic rings. The van der Waals surface area contributed by atoms with Gasteiger partial charge in [0.25, 0.3) is 0 Å². The Morgan fingerprint density at radius 3 is 2.72 bits per heavy atom. The minimum Gasteiger partial charge on any atom is -0.342 e. The first-order chi connectivity index (χ1) is 14.0. The van der Waals surface area contributed by atoms with E-state index < -0.39 is 0 Å². The molecule has 6 nitrogen and oxygen atoms in total. The summed E-state index contributed by atoms with van der Waals surface area (Å²) >= 11 is 6.10. The van der Waals surface area contributed by atoms with Gasteiger partial charge in [-0.1, -0.05) is 18.0 Å². The molecule has 2 bridgehead atoms. The highest BCUT2D eigenvalue weighted by Crippen LogP contribution is 2.58. The normalized spacial score (nSPS) is 25.1. The van der Waals surface area contributed by atoms with Crippen LogP contribution in [0.15, 0.2) is 42.5 Å². The number of urea groups is 1. The summed E-state index contributed by atoms with van der Waals surface area (Å²) in [6.45, 7) is 0. The first-order valence-electron chi connectivity index (χ1n) is 9.74. The van der Waals surface area contributed by atoms with E-state index in [4.69, 9.17) is 21.8 Å². The third kappa shape index (κ3) is 3.12. The average Bonchev–Trinajstić information content (AvgIpc) is 3.12. The van der Waals surface area contributed by atoms with Gasteiger partial charge < -0.3 is 15.6 Å². The Bertz CT molecular complexity index is 1140. The zero-order valence-corrected chi connectivity index (χ0v) is 16.5.